The van der Waals surface area contributed by atoms with Crippen molar-refractivity contribution in [1.82, 2.24) is 15.4 Å². The van der Waals surface area contributed by atoms with Crippen LogP contribution in [0, 0.1) is 0 Å². The number of hydrazone groups is 1. The van der Waals surface area contributed by atoms with Crippen LogP contribution < -0.4 is 14.9 Å². The standard InChI is InChI=1S/C23H20N4O4/c1-30-20-10-7-14(11-21(20)31-2)13-24-27-23(29)15-8-9-17-18(12-15)26-22(25-17)16-5-3-4-6-19(16)28/h3-13,28H,1-2H3,(H,25,26)(H,27,29)/b24-13+. The highest BCUT2D eigenvalue weighted by atomic mass is 16.5. The fourth-order valence-electron chi connectivity index (χ4n) is 3.12. The molecule has 3 aromatic carbocycles. The van der Waals surface area contributed by atoms with Gasteiger partial charge in [-0.2, -0.15) is 5.10 Å². The number of hydrogen-bond donors (Lipinski definition) is 3. The molecule has 0 aliphatic heterocycles. The van der Waals surface area contributed by atoms with Crippen molar-refractivity contribution in [3.05, 3.63) is 71.8 Å². The summed E-state index contributed by atoms with van der Waals surface area (Å²) in [6, 6.07) is 17.3. The summed E-state index contributed by atoms with van der Waals surface area (Å²) < 4.78 is 10.5. The topological polar surface area (TPSA) is 109 Å². The third-order valence-corrected chi connectivity index (χ3v) is 4.69. The molecule has 0 unspecified atom stereocenters. The quantitative estimate of drug-likeness (QED) is 0.328. The first-order valence-corrected chi connectivity index (χ1v) is 9.42. The Bertz CT molecular complexity index is 1280. The molecule has 0 fully saturated rings. The molecular formula is C23H20N4O4. The molecule has 0 spiro atoms. The number of fused-ring (bicyclic) bond motifs is 1. The molecule has 8 nitrogen and oxygen atoms in total. The minimum atomic E-state index is -0.364. The Labute approximate surface area is 178 Å². The van der Waals surface area contributed by atoms with Crippen molar-refractivity contribution in [3.63, 3.8) is 0 Å². The zero-order valence-electron chi connectivity index (χ0n) is 16.9. The largest absolute Gasteiger partial charge is 0.507 e. The second-order valence-corrected chi connectivity index (χ2v) is 6.65. The number of aromatic amines is 1. The van der Waals surface area contributed by atoms with Crippen molar-refractivity contribution in [1.29, 1.82) is 0 Å². The minimum absolute atomic E-state index is 0.129. The molecule has 1 aromatic heterocycles. The van der Waals surface area contributed by atoms with E-state index in [9.17, 15) is 9.90 Å². The van der Waals surface area contributed by atoms with Gasteiger partial charge in [-0.25, -0.2) is 10.4 Å². The smallest absolute Gasteiger partial charge is 0.271 e. The first-order valence-electron chi connectivity index (χ1n) is 9.42. The summed E-state index contributed by atoms with van der Waals surface area (Å²) in [5, 5.41) is 14.0. The molecule has 0 aliphatic rings. The van der Waals surface area contributed by atoms with Gasteiger partial charge in [-0.05, 0) is 54.1 Å². The number of benzene rings is 3. The van der Waals surface area contributed by atoms with Crippen molar-refractivity contribution >= 4 is 23.2 Å². The van der Waals surface area contributed by atoms with E-state index in [1.165, 1.54) is 6.21 Å². The molecule has 156 valence electrons. The zero-order valence-corrected chi connectivity index (χ0v) is 16.9. The summed E-state index contributed by atoms with van der Waals surface area (Å²) in [7, 11) is 3.12. The van der Waals surface area contributed by atoms with E-state index in [0.29, 0.717) is 39.5 Å². The second-order valence-electron chi connectivity index (χ2n) is 6.65. The van der Waals surface area contributed by atoms with Crippen molar-refractivity contribution in [2.75, 3.05) is 14.2 Å². The summed E-state index contributed by atoms with van der Waals surface area (Å²) in [5.74, 6) is 1.47. The number of phenols is 1. The van der Waals surface area contributed by atoms with Gasteiger partial charge >= 0.3 is 0 Å². The molecule has 1 amide bonds. The van der Waals surface area contributed by atoms with Gasteiger partial charge in [-0.3, -0.25) is 4.79 Å². The van der Waals surface area contributed by atoms with Gasteiger partial charge in [0, 0.05) is 5.56 Å². The molecule has 0 radical (unpaired) electrons. The van der Waals surface area contributed by atoms with Crippen LogP contribution in [0.5, 0.6) is 17.2 Å². The predicted molar refractivity (Wildman–Crippen MR) is 118 cm³/mol. The summed E-state index contributed by atoms with van der Waals surface area (Å²) in [6.07, 6.45) is 1.52. The highest BCUT2D eigenvalue weighted by Crippen LogP contribution is 2.28. The van der Waals surface area contributed by atoms with E-state index in [2.05, 4.69) is 20.5 Å². The normalized spacial score (nSPS) is 11.0. The number of carbonyl (C=O) groups is 1. The van der Waals surface area contributed by atoms with Crippen LogP contribution in [0.2, 0.25) is 0 Å². The highest BCUT2D eigenvalue weighted by molar-refractivity contribution is 5.98. The number of imidazole rings is 1. The molecule has 3 N–H and O–H groups in total. The third kappa shape index (κ3) is 4.18. The van der Waals surface area contributed by atoms with Crippen LogP contribution in [0.1, 0.15) is 15.9 Å². The van der Waals surface area contributed by atoms with Crippen LogP contribution in [0.15, 0.2) is 65.8 Å². The minimum Gasteiger partial charge on any atom is -0.507 e. The van der Waals surface area contributed by atoms with Crippen molar-refractivity contribution in [2.45, 2.75) is 0 Å². The molecule has 0 atom stereocenters. The number of para-hydroxylation sites is 1. The number of aromatic nitrogens is 2. The lowest BCUT2D eigenvalue weighted by molar-refractivity contribution is 0.0955. The number of phenolic OH excluding ortho intramolecular Hbond substituents is 1. The average Bonchev–Trinajstić information content (AvgIpc) is 3.22. The molecule has 4 aromatic rings. The van der Waals surface area contributed by atoms with Crippen LogP contribution in [0.25, 0.3) is 22.4 Å². The molecule has 0 bridgehead atoms. The molecular weight excluding hydrogens is 396 g/mol. The number of hydrogen-bond acceptors (Lipinski definition) is 6. The molecule has 0 aliphatic carbocycles. The molecule has 0 saturated carbocycles. The first kappa shape index (κ1) is 20.0. The van der Waals surface area contributed by atoms with Gasteiger partial charge < -0.3 is 19.6 Å². The Morgan fingerprint density at radius 3 is 2.65 bits per heavy atom. The van der Waals surface area contributed by atoms with Crippen molar-refractivity contribution in [2.24, 2.45) is 5.10 Å². The number of aromatic hydroxyl groups is 1. The molecule has 31 heavy (non-hydrogen) atoms. The van der Waals surface area contributed by atoms with Gasteiger partial charge in [-0.15, -0.1) is 0 Å². The van der Waals surface area contributed by atoms with E-state index >= 15 is 0 Å². The Hall–Kier alpha value is -4.33. The Balaban J connectivity index is 1.50. The summed E-state index contributed by atoms with van der Waals surface area (Å²) in [6.45, 7) is 0. The Morgan fingerprint density at radius 1 is 1.06 bits per heavy atom. The number of nitrogens with one attached hydrogen (secondary N) is 2. The molecule has 0 saturated heterocycles. The lowest BCUT2D eigenvalue weighted by Gasteiger charge is -2.07. The van der Waals surface area contributed by atoms with Gasteiger partial charge in [0.1, 0.15) is 11.6 Å². The van der Waals surface area contributed by atoms with E-state index in [-0.39, 0.29) is 11.7 Å². The number of rotatable bonds is 6. The monoisotopic (exact) mass is 416 g/mol. The van der Waals surface area contributed by atoms with E-state index < -0.39 is 0 Å². The molecule has 4 rings (SSSR count). The van der Waals surface area contributed by atoms with E-state index in [1.54, 1.807) is 68.8 Å². The van der Waals surface area contributed by atoms with Gasteiger partial charge in [0.15, 0.2) is 11.5 Å². The lowest BCUT2D eigenvalue weighted by Crippen LogP contribution is -2.17. The maximum atomic E-state index is 12.5. The average molecular weight is 416 g/mol. The van der Waals surface area contributed by atoms with Crippen LogP contribution in [-0.2, 0) is 0 Å². The van der Waals surface area contributed by atoms with Crippen molar-refractivity contribution in [3.8, 4) is 28.6 Å². The Kier molecular flexibility index (Phi) is 5.53. The first-order chi connectivity index (χ1) is 15.1. The highest BCUT2D eigenvalue weighted by Gasteiger charge is 2.11. The summed E-state index contributed by atoms with van der Waals surface area (Å²) >= 11 is 0. The van der Waals surface area contributed by atoms with E-state index in [1.807, 2.05) is 6.07 Å². The van der Waals surface area contributed by atoms with Crippen LogP contribution in [-0.4, -0.2) is 41.4 Å². The fraction of sp³-hybridized carbons (Fsp3) is 0.0870. The Morgan fingerprint density at radius 2 is 1.87 bits per heavy atom. The van der Waals surface area contributed by atoms with Gasteiger partial charge in [0.25, 0.3) is 5.91 Å². The molecule has 1 heterocycles. The van der Waals surface area contributed by atoms with Gasteiger partial charge in [0.2, 0.25) is 0 Å². The van der Waals surface area contributed by atoms with Crippen molar-refractivity contribution < 1.29 is 19.4 Å². The number of ether oxygens (including phenoxy) is 2. The van der Waals surface area contributed by atoms with Crippen LogP contribution in [0.3, 0.4) is 0 Å². The van der Waals surface area contributed by atoms with Crippen LogP contribution in [0.4, 0.5) is 0 Å². The fourth-order valence-corrected chi connectivity index (χ4v) is 3.12. The van der Waals surface area contributed by atoms with E-state index in [0.717, 1.165) is 5.56 Å². The van der Waals surface area contributed by atoms with Gasteiger partial charge in [0.05, 0.1) is 37.0 Å². The summed E-state index contributed by atoms with van der Waals surface area (Å²) in [5.41, 5.74) is 5.62. The molecule has 8 heteroatoms. The summed E-state index contributed by atoms with van der Waals surface area (Å²) in [4.78, 5) is 20.1. The zero-order chi connectivity index (χ0) is 21.8. The maximum absolute atomic E-state index is 12.5. The van der Waals surface area contributed by atoms with E-state index in [4.69, 9.17) is 9.47 Å². The number of methoxy groups -OCH3 is 2. The predicted octanol–water partition coefficient (Wildman–Crippen LogP) is 3.72. The lowest BCUT2D eigenvalue weighted by atomic mass is 10.2. The number of amides is 1. The van der Waals surface area contributed by atoms with Gasteiger partial charge in [-0.1, -0.05) is 12.1 Å². The second kappa shape index (κ2) is 8.58. The SMILES string of the molecule is COc1ccc(/C=N/NC(=O)c2ccc3nc(-c4ccccc4O)[nH]c3c2)cc1OC. The third-order valence-electron chi connectivity index (χ3n) is 4.69. The number of carbonyl (C=O) groups excluding carboxylic acids is 1. The maximum Gasteiger partial charge on any atom is 0.271 e. The number of H-pyrrole nitrogens is 1. The van der Waals surface area contributed by atoms with Crippen LogP contribution >= 0.6 is 0 Å². The number of nitrogens with zero attached hydrogens (tertiary/aromatic N) is 2.